The van der Waals surface area contributed by atoms with Gasteiger partial charge in [-0.05, 0) is 51.0 Å². The summed E-state index contributed by atoms with van der Waals surface area (Å²) in [6, 6.07) is 57.8. The fraction of sp³-hybridized carbons (Fsp3) is 0.0233. The number of fused-ring (bicyclic) bond motifs is 5. The highest BCUT2D eigenvalue weighted by Crippen LogP contribution is 2.50. The van der Waals surface area contributed by atoms with Crippen LogP contribution in [0.3, 0.4) is 0 Å². The fourth-order valence-electron chi connectivity index (χ4n) is 6.52. The van der Waals surface area contributed by atoms with Crippen molar-refractivity contribution < 1.29 is 0 Å². The second kappa shape index (κ2) is 11.6. The van der Waals surface area contributed by atoms with Gasteiger partial charge in [0.1, 0.15) is 5.37 Å². The highest BCUT2D eigenvalue weighted by atomic mass is 32.2. The topological polar surface area (TPSA) is 37.8 Å². The highest BCUT2D eigenvalue weighted by Gasteiger charge is 2.25. The molecule has 2 heterocycles. The van der Waals surface area contributed by atoms with Crippen LogP contribution in [0.1, 0.15) is 10.9 Å². The maximum atomic E-state index is 5.02. The van der Waals surface area contributed by atoms with E-state index in [1.54, 1.807) is 0 Å². The molecule has 7 aromatic carbocycles. The van der Waals surface area contributed by atoms with Crippen LogP contribution in [-0.4, -0.2) is 9.97 Å². The smallest absolute Gasteiger partial charge is 0.160 e. The average molecular weight is 620 g/mol. The summed E-state index contributed by atoms with van der Waals surface area (Å²) in [6.45, 7) is 0. The maximum absolute atomic E-state index is 5.02. The first-order chi connectivity index (χ1) is 23.3. The molecule has 1 aliphatic heterocycles. The predicted molar refractivity (Wildman–Crippen MR) is 197 cm³/mol. The van der Waals surface area contributed by atoms with E-state index < -0.39 is 0 Å². The molecule has 4 heteroatoms. The fourth-order valence-corrected chi connectivity index (χ4v) is 7.67. The van der Waals surface area contributed by atoms with E-state index in [1.165, 1.54) is 43.3 Å². The monoisotopic (exact) mass is 619 g/mol. The molecule has 1 atom stereocenters. The molecule has 1 N–H and O–H groups in total. The van der Waals surface area contributed by atoms with Crippen molar-refractivity contribution in [3.8, 4) is 45.0 Å². The molecule has 3 nitrogen and oxygen atoms in total. The molecule has 0 saturated carbocycles. The molecule has 0 fully saturated rings. The van der Waals surface area contributed by atoms with Crippen LogP contribution in [0.15, 0.2) is 169 Å². The Morgan fingerprint density at radius 3 is 1.70 bits per heavy atom. The SMILES string of the molecule is c1ccc(-c2cc(-c3ccccc3)nc(-c3ccc(-c4ccc5ccc6ccc7c(c6c5c4)NC(c4ccccc4)S7)cc3)n2)cc1. The lowest BCUT2D eigenvalue weighted by atomic mass is 9.95. The Bertz CT molecular complexity index is 2330. The van der Waals surface area contributed by atoms with Crippen molar-refractivity contribution in [2.24, 2.45) is 0 Å². The van der Waals surface area contributed by atoms with Crippen molar-refractivity contribution in [3.63, 3.8) is 0 Å². The van der Waals surface area contributed by atoms with Gasteiger partial charge in [0.25, 0.3) is 0 Å². The van der Waals surface area contributed by atoms with Crippen molar-refractivity contribution in [1.29, 1.82) is 0 Å². The van der Waals surface area contributed by atoms with E-state index in [0.29, 0.717) is 5.82 Å². The maximum Gasteiger partial charge on any atom is 0.160 e. The molecule has 0 aliphatic carbocycles. The predicted octanol–water partition coefficient (Wildman–Crippen LogP) is 11.7. The van der Waals surface area contributed by atoms with Gasteiger partial charge >= 0.3 is 0 Å². The number of anilines is 1. The summed E-state index contributed by atoms with van der Waals surface area (Å²) in [5.74, 6) is 0.716. The minimum Gasteiger partial charge on any atom is -0.368 e. The highest BCUT2D eigenvalue weighted by molar-refractivity contribution is 8.00. The van der Waals surface area contributed by atoms with Crippen LogP contribution in [0, 0.1) is 0 Å². The van der Waals surface area contributed by atoms with Crippen LogP contribution in [0.5, 0.6) is 0 Å². The zero-order valence-corrected chi connectivity index (χ0v) is 26.3. The Morgan fingerprint density at radius 2 is 1.02 bits per heavy atom. The molecule has 9 rings (SSSR count). The molecule has 222 valence electrons. The van der Waals surface area contributed by atoms with E-state index >= 15 is 0 Å². The van der Waals surface area contributed by atoms with Gasteiger partial charge in [0, 0.05) is 27.0 Å². The molecule has 0 spiro atoms. The number of benzene rings is 7. The summed E-state index contributed by atoms with van der Waals surface area (Å²) < 4.78 is 0. The lowest BCUT2D eigenvalue weighted by Crippen LogP contribution is -2.01. The Labute approximate surface area is 278 Å². The Balaban J connectivity index is 1.10. The lowest BCUT2D eigenvalue weighted by molar-refractivity contribution is 1.14. The Hall–Kier alpha value is -5.71. The average Bonchev–Trinajstić information content (AvgIpc) is 3.60. The second-order valence-corrected chi connectivity index (χ2v) is 13.0. The lowest BCUT2D eigenvalue weighted by Gasteiger charge is -2.13. The zero-order valence-electron chi connectivity index (χ0n) is 25.5. The second-order valence-electron chi connectivity index (χ2n) is 11.9. The van der Waals surface area contributed by atoms with E-state index in [9.17, 15) is 0 Å². The number of hydrogen-bond acceptors (Lipinski definition) is 4. The van der Waals surface area contributed by atoms with Crippen LogP contribution in [0.4, 0.5) is 5.69 Å². The van der Waals surface area contributed by atoms with Crippen molar-refractivity contribution >= 4 is 39.0 Å². The van der Waals surface area contributed by atoms with E-state index in [0.717, 1.165) is 33.6 Å². The molecule has 1 aromatic heterocycles. The van der Waals surface area contributed by atoms with Gasteiger partial charge in [-0.2, -0.15) is 0 Å². The number of aromatic nitrogens is 2. The van der Waals surface area contributed by atoms with Gasteiger partial charge < -0.3 is 5.32 Å². The minimum atomic E-state index is 0.202. The summed E-state index contributed by atoms with van der Waals surface area (Å²) in [4.78, 5) is 11.3. The van der Waals surface area contributed by atoms with Gasteiger partial charge in [-0.1, -0.05) is 157 Å². The van der Waals surface area contributed by atoms with Crippen molar-refractivity contribution in [2.45, 2.75) is 10.3 Å². The van der Waals surface area contributed by atoms with Crippen LogP contribution >= 0.6 is 11.8 Å². The molecular formula is C43H29N3S. The van der Waals surface area contributed by atoms with Crippen molar-refractivity contribution in [1.82, 2.24) is 9.97 Å². The first-order valence-corrected chi connectivity index (χ1v) is 16.7. The molecule has 47 heavy (non-hydrogen) atoms. The van der Waals surface area contributed by atoms with Gasteiger partial charge in [-0.25, -0.2) is 9.97 Å². The van der Waals surface area contributed by atoms with Crippen LogP contribution in [0.2, 0.25) is 0 Å². The molecule has 0 radical (unpaired) electrons. The third-order valence-corrected chi connectivity index (χ3v) is 10.1. The molecule has 0 saturated heterocycles. The zero-order chi connectivity index (χ0) is 31.2. The minimum absolute atomic E-state index is 0.202. The van der Waals surface area contributed by atoms with Gasteiger partial charge in [0.15, 0.2) is 5.82 Å². The van der Waals surface area contributed by atoms with E-state index in [2.05, 4.69) is 133 Å². The van der Waals surface area contributed by atoms with Crippen LogP contribution in [0.25, 0.3) is 66.6 Å². The number of hydrogen-bond donors (Lipinski definition) is 1. The third kappa shape index (κ3) is 5.13. The third-order valence-electron chi connectivity index (χ3n) is 8.93. The van der Waals surface area contributed by atoms with Crippen LogP contribution in [-0.2, 0) is 0 Å². The number of thioether (sulfide) groups is 1. The first kappa shape index (κ1) is 27.6. The first-order valence-electron chi connectivity index (χ1n) is 15.9. The number of nitrogens with zero attached hydrogens (tertiary/aromatic N) is 2. The van der Waals surface area contributed by atoms with Gasteiger partial charge in [-0.15, -0.1) is 0 Å². The molecular weight excluding hydrogens is 591 g/mol. The molecule has 1 aliphatic rings. The number of nitrogens with one attached hydrogen (secondary N) is 1. The van der Waals surface area contributed by atoms with Crippen molar-refractivity contribution in [3.05, 3.63) is 169 Å². The van der Waals surface area contributed by atoms with Crippen molar-refractivity contribution in [2.75, 3.05) is 5.32 Å². The molecule has 8 aromatic rings. The molecule has 1 unspecified atom stereocenters. The van der Waals surface area contributed by atoms with Crippen LogP contribution < -0.4 is 5.32 Å². The normalized spacial score (nSPS) is 13.8. The van der Waals surface area contributed by atoms with Gasteiger partial charge in [0.05, 0.1) is 17.1 Å². The standard InChI is InChI=1S/C43H29N3S/c1-4-10-30(11-5-1)37-27-38(31-12-6-2-7-13-31)45-42(44-37)33-21-16-28(17-22-33)35-23-19-29-18-20-32-24-25-39-41(40(32)36(29)26-35)46-43(47-39)34-14-8-3-9-15-34/h1-27,43,46H. The summed E-state index contributed by atoms with van der Waals surface area (Å²) in [5.41, 5.74) is 9.81. The Kier molecular flexibility index (Phi) is 6.80. The summed E-state index contributed by atoms with van der Waals surface area (Å²) in [7, 11) is 0. The summed E-state index contributed by atoms with van der Waals surface area (Å²) in [6.07, 6.45) is 0. The van der Waals surface area contributed by atoms with Gasteiger partial charge in [-0.3, -0.25) is 0 Å². The quantitative estimate of drug-likeness (QED) is 0.195. The molecule has 0 bridgehead atoms. The number of rotatable bonds is 5. The van der Waals surface area contributed by atoms with Gasteiger partial charge in [0.2, 0.25) is 0 Å². The van der Waals surface area contributed by atoms with E-state index in [1.807, 2.05) is 48.2 Å². The van der Waals surface area contributed by atoms with E-state index in [4.69, 9.17) is 9.97 Å². The Morgan fingerprint density at radius 1 is 0.468 bits per heavy atom. The van der Waals surface area contributed by atoms with E-state index in [-0.39, 0.29) is 5.37 Å². The summed E-state index contributed by atoms with van der Waals surface area (Å²) >= 11 is 1.89. The summed E-state index contributed by atoms with van der Waals surface area (Å²) in [5, 5.41) is 9.08. The molecule has 0 amide bonds. The largest absolute Gasteiger partial charge is 0.368 e.